The molecule has 3 aromatic rings. The van der Waals surface area contributed by atoms with Crippen molar-refractivity contribution in [2.45, 2.75) is 0 Å². The van der Waals surface area contributed by atoms with Gasteiger partial charge in [-0.15, -0.1) is 12.4 Å². The molecule has 1 aromatic heterocycles. The first kappa shape index (κ1) is 25.3. The molecule has 2 aromatic carbocycles. The van der Waals surface area contributed by atoms with Gasteiger partial charge in [-0.1, -0.05) is 18.2 Å². The number of benzene rings is 2. The summed E-state index contributed by atoms with van der Waals surface area (Å²) in [5.41, 5.74) is 1.82. The van der Waals surface area contributed by atoms with Gasteiger partial charge in [-0.25, -0.2) is 4.98 Å². The Balaban J connectivity index is 0.00000306. The van der Waals surface area contributed by atoms with Crippen molar-refractivity contribution in [3.8, 4) is 5.75 Å². The van der Waals surface area contributed by atoms with Crippen molar-refractivity contribution in [3.05, 3.63) is 82.1 Å². The lowest BCUT2D eigenvalue weighted by atomic mass is 10.2. The molecule has 0 atom stereocenters. The van der Waals surface area contributed by atoms with Crippen LogP contribution in [0.5, 0.6) is 5.75 Å². The van der Waals surface area contributed by atoms with Gasteiger partial charge in [-0.3, -0.25) is 14.6 Å². The van der Waals surface area contributed by atoms with Gasteiger partial charge in [0.25, 0.3) is 5.91 Å². The average molecular weight is 579 g/mol. The van der Waals surface area contributed by atoms with Crippen molar-refractivity contribution in [3.63, 3.8) is 0 Å². The van der Waals surface area contributed by atoms with Crippen LogP contribution in [-0.4, -0.2) is 62.2 Å². The molecule has 174 valence electrons. The lowest BCUT2D eigenvalue weighted by Crippen LogP contribution is -2.49. The van der Waals surface area contributed by atoms with E-state index in [1.54, 1.807) is 18.2 Å². The number of carbonyl (C=O) groups is 1. The molecule has 8 heteroatoms. The summed E-state index contributed by atoms with van der Waals surface area (Å²) in [6, 6.07) is 21.5. The number of ether oxygens (including phenoxy) is 1. The maximum absolute atomic E-state index is 13.3. The first-order valence-electron chi connectivity index (χ1n) is 10.7. The van der Waals surface area contributed by atoms with E-state index in [0.29, 0.717) is 17.9 Å². The number of nitrogens with zero attached hydrogens (tertiary/aromatic N) is 4. The Morgan fingerprint density at radius 1 is 1.00 bits per heavy atom. The van der Waals surface area contributed by atoms with Gasteiger partial charge < -0.3 is 9.64 Å². The molecule has 1 aliphatic rings. The van der Waals surface area contributed by atoms with Crippen LogP contribution in [-0.2, 0) is 0 Å². The van der Waals surface area contributed by atoms with Gasteiger partial charge in [0.2, 0.25) is 0 Å². The minimum Gasteiger partial charge on any atom is -0.495 e. The molecule has 0 bridgehead atoms. The zero-order valence-corrected chi connectivity index (χ0v) is 21.5. The normalized spacial score (nSPS) is 13.8. The molecular weight excluding hydrogens is 551 g/mol. The molecule has 0 N–H and O–H groups in total. The lowest BCUT2D eigenvalue weighted by Gasteiger charge is -2.37. The monoisotopic (exact) mass is 578 g/mol. The zero-order valence-electron chi connectivity index (χ0n) is 18.6. The van der Waals surface area contributed by atoms with Crippen molar-refractivity contribution in [2.75, 3.05) is 56.2 Å². The molecule has 0 saturated carbocycles. The molecule has 6 nitrogen and oxygen atoms in total. The summed E-state index contributed by atoms with van der Waals surface area (Å²) in [4.78, 5) is 24.3. The largest absolute Gasteiger partial charge is 0.495 e. The van der Waals surface area contributed by atoms with Gasteiger partial charge in [0, 0.05) is 54.6 Å². The number of hydrogen-bond donors (Lipinski definition) is 0. The van der Waals surface area contributed by atoms with Crippen LogP contribution in [0, 0.1) is 3.57 Å². The number of halogens is 2. The van der Waals surface area contributed by atoms with Crippen molar-refractivity contribution in [2.24, 2.45) is 0 Å². The van der Waals surface area contributed by atoms with E-state index in [0.717, 1.165) is 47.7 Å². The molecule has 1 saturated heterocycles. The number of amides is 1. The number of pyridine rings is 1. The highest BCUT2D eigenvalue weighted by Crippen LogP contribution is 2.28. The predicted molar refractivity (Wildman–Crippen MR) is 144 cm³/mol. The molecular formula is C25H28ClIN4O2. The quantitative estimate of drug-likeness (QED) is 0.384. The summed E-state index contributed by atoms with van der Waals surface area (Å²) in [6.07, 6.45) is 1.73. The third-order valence-electron chi connectivity index (χ3n) is 5.70. The minimum absolute atomic E-state index is 0. The van der Waals surface area contributed by atoms with E-state index in [4.69, 9.17) is 4.74 Å². The smallest absolute Gasteiger partial charge is 0.259 e. The van der Waals surface area contributed by atoms with E-state index in [-0.39, 0.29) is 18.3 Å². The van der Waals surface area contributed by atoms with Gasteiger partial charge >= 0.3 is 0 Å². The van der Waals surface area contributed by atoms with E-state index in [9.17, 15) is 4.79 Å². The summed E-state index contributed by atoms with van der Waals surface area (Å²) in [6.45, 7) is 5.12. The molecule has 0 unspecified atom stereocenters. The Labute approximate surface area is 215 Å². The fourth-order valence-corrected chi connectivity index (χ4v) is 4.29. The van der Waals surface area contributed by atoms with Crippen LogP contribution in [0.4, 0.5) is 11.5 Å². The van der Waals surface area contributed by atoms with Gasteiger partial charge in [0.15, 0.2) is 0 Å². The van der Waals surface area contributed by atoms with Crippen molar-refractivity contribution in [1.82, 2.24) is 9.88 Å². The molecule has 33 heavy (non-hydrogen) atoms. The molecule has 1 amide bonds. The maximum atomic E-state index is 13.3. The second-order valence-corrected chi connectivity index (χ2v) is 8.90. The van der Waals surface area contributed by atoms with E-state index in [1.807, 2.05) is 60.7 Å². The first-order valence-corrected chi connectivity index (χ1v) is 11.8. The number of para-hydroxylation sites is 2. The highest BCUT2D eigenvalue weighted by Gasteiger charge is 2.23. The topological polar surface area (TPSA) is 48.9 Å². The highest BCUT2D eigenvalue weighted by atomic mass is 127. The van der Waals surface area contributed by atoms with Gasteiger partial charge in [0.1, 0.15) is 11.6 Å². The summed E-state index contributed by atoms with van der Waals surface area (Å²) in [5.74, 6) is 1.57. The molecule has 4 rings (SSSR count). The molecule has 0 spiro atoms. The van der Waals surface area contributed by atoms with E-state index in [1.165, 1.54) is 0 Å². The van der Waals surface area contributed by atoms with Crippen LogP contribution in [0.3, 0.4) is 0 Å². The Hall–Kier alpha value is -2.36. The van der Waals surface area contributed by atoms with Crippen molar-refractivity contribution in [1.29, 1.82) is 0 Å². The number of rotatable bonds is 7. The fraction of sp³-hybridized carbons (Fsp3) is 0.280. The van der Waals surface area contributed by atoms with Crippen molar-refractivity contribution >= 4 is 52.4 Å². The van der Waals surface area contributed by atoms with Crippen molar-refractivity contribution < 1.29 is 9.53 Å². The van der Waals surface area contributed by atoms with Crippen LogP contribution in [0.25, 0.3) is 0 Å². The van der Waals surface area contributed by atoms with E-state index in [2.05, 4.69) is 43.4 Å². The second-order valence-electron chi connectivity index (χ2n) is 7.65. The number of aromatic nitrogens is 1. The number of carbonyl (C=O) groups excluding carboxylic acids is 1. The highest BCUT2D eigenvalue weighted by molar-refractivity contribution is 14.1. The van der Waals surface area contributed by atoms with Crippen LogP contribution < -0.4 is 14.5 Å². The molecule has 0 radical (unpaired) electrons. The molecule has 1 aliphatic heterocycles. The van der Waals surface area contributed by atoms with E-state index >= 15 is 0 Å². The SMILES string of the molecule is COc1ccccc1N1CCN(CCN(C(=O)c2ccc(I)cc2)c2ccccn2)CC1.Cl. The maximum Gasteiger partial charge on any atom is 0.259 e. The van der Waals surface area contributed by atoms with E-state index < -0.39 is 0 Å². The molecule has 1 fully saturated rings. The van der Waals surface area contributed by atoms with Gasteiger partial charge in [-0.05, 0) is 71.1 Å². The third kappa shape index (κ3) is 6.37. The number of methoxy groups -OCH3 is 1. The van der Waals surface area contributed by atoms with Crippen LogP contribution in [0.1, 0.15) is 10.4 Å². The summed E-state index contributed by atoms with van der Waals surface area (Å²) < 4.78 is 6.63. The summed E-state index contributed by atoms with van der Waals surface area (Å²) >= 11 is 2.25. The standard InChI is InChI=1S/C25H27IN4O2.ClH/c1-32-23-7-3-2-6-22(23)29-17-14-28(15-18-29)16-19-30(24-8-4-5-13-27-24)25(31)20-9-11-21(26)12-10-20;/h2-13H,14-19H2,1H3;1H. The first-order chi connectivity index (χ1) is 15.7. The Bertz CT molecular complexity index is 1030. The van der Waals surface area contributed by atoms with Gasteiger partial charge in [-0.2, -0.15) is 0 Å². The van der Waals surface area contributed by atoms with Gasteiger partial charge in [0.05, 0.1) is 12.8 Å². The second kappa shape index (κ2) is 12.2. The Morgan fingerprint density at radius 2 is 1.70 bits per heavy atom. The third-order valence-corrected chi connectivity index (χ3v) is 6.42. The molecule has 2 heterocycles. The predicted octanol–water partition coefficient (Wildman–Crippen LogP) is 4.59. The molecule has 0 aliphatic carbocycles. The number of hydrogen-bond acceptors (Lipinski definition) is 5. The minimum atomic E-state index is -0.0206. The number of anilines is 2. The fourth-order valence-electron chi connectivity index (χ4n) is 3.93. The van der Waals surface area contributed by atoms with Crippen LogP contribution in [0.15, 0.2) is 72.9 Å². The Kier molecular flexibility index (Phi) is 9.34. The zero-order chi connectivity index (χ0) is 22.3. The Morgan fingerprint density at radius 3 is 2.36 bits per heavy atom. The van der Waals surface area contributed by atoms with Crippen LogP contribution >= 0.6 is 35.0 Å². The summed E-state index contributed by atoms with van der Waals surface area (Å²) in [5, 5.41) is 0. The summed E-state index contributed by atoms with van der Waals surface area (Å²) in [7, 11) is 1.71. The number of piperazine rings is 1. The average Bonchev–Trinajstić information content (AvgIpc) is 2.85. The van der Waals surface area contributed by atoms with Crippen LogP contribution in [0.2, 0.25) is 0 Å². The lowest BCUT2D eigenvalue weighted by molar-refractivity contribution is 0.0982.